The third kappa shape index (κ3) is 19.2. The number of aryl methyl sites for hydroxylation is 2. The predicted molar refractivity (Wildman–Crippen MR) is 279 cm³/mol. The van der Waals surface area contributed by atoms with Gasteiger partial charge in [0.1, 0.15) is 22.7 Å². The molecule has 6 aromatic heterocycles. The number of carbonyl (C=O) groups excluding carboxylic acids is 2. The lowest BCUT2D eigenvalue weighted by molar-refractivity contribution is -0.138. The summed E-state index contributed by atoms with van der Waals surface area (Å²) in [5.41, 5.74) is 9.36. The Morgan fingerprint density at radius 3 is 1.57 bits per heavy atom. The van der Waals surface area contributed by atoms with Crippen LogP contribution in [0.5, 0.6) is 11.5 Å². The van der Waals surface area contributed by atoms with Crippen molar-refractivity contribution in [1.29, 1.82) is 0 Å². The number of aliphatic carboxylic acids is 2. The SMILES string of the molecule is CC(C)(C)OC(=O)NCCCn1cc(N)cn1.CC(C)(C)OC(=O)NCCCn1cc(Nc2ncc3nnn(-c4ccc(OCCC(=O)O)cc4)c3n2)cn1.O=C(O)CCOc1ccc(-n2nnc3cnc(Cl)nc32)cc1. The molecule has 0 saturated carbocycles. The summed E-state index contributed by atoms with van der Waals surface area (Å²) in [6.07, 6.45) is 10.4. The Morgan fingerprint density at radius 1 is 0.636 bits per heavy atom. The maximum Gasteiger partial charge on any atom is 0.407 e. The number of fused-ring (bicyclic) bond motifs is 2. The Hall–Kier alpha value is -9.21. The van der Waals surface area contributed by atoms with Crippen LogP contribution in [0.25, 0.3) is 33.7 Å². The molecule has 2 amide bonds. The number of hydrogen-bond donors (Lipinski definition) is 6. The van der Waals surface area contributed by atoms with Crippen LogP contribution in [-0.4, -0.2) is 141 Å². The lowest BCUT2D eigenvalue weighted by Crippen LogP contribution is -2.33. The normalized spacial score (nSPS) is 11.2. The molecule has 0 aliphatic carbocycles. The minimum absolute atomic E-state index is 0.0507. The van der Waals surface area contributed by atoms with Crippen LogP contribution < -0.4 is 31.2 Å². The molecule has 8 rings (SSSR count). The van der Waals surface area contributed by atoms with Gasteiger partial charge in [0.15, 0.2) is 22.3 Å². The average molecular weight is 1080 g/mol. The van der Waals surface area contributed by atoms with Crippen molar-refractivity contribution in [2.45, 2.75) is 91.5 Å². The fraction of sp³-hybridized carbons (Fsp3) is 0.375. The molecular formula is C48H59ClN18O10. The zero-order valence-corrected chi connectivity index (χ0v) is 43.8. The van der Waals surface area contributed by atoms with E-state index in [2.05, 4.69) is 66.7 Å². The van der Waals surface area contributed by atoms with Gasteiger partial charge in [-0.3, -0.25) is 19.0 Å². The van der Waals surface area contributed by atoms with Crippen LogP contribution in [0.4, 0.5) is 26.9 Å². The second-order valence-corrected chi connectivity index (χ2v) is 18.8. The van der Waals surface area contributed by atoms with Gasteiger partial charge in [-0.15, -0.1) is 10.2 Å². The molecule has 6 heterocycles. The molecule has 28 nitrogen and oxygen atoms in total. The Morgan fingerprint density at radius 2 is 1.10 bits per heavy atom. The van der Waals surface area contributed by atoms with Gasteiger partial charge in [0, 0.05) is 38.6 Å². The quantitative estimate of drug-likeness (QED) is 0.0375. The molecule has 0 aliphatic rings. The van der Waals surface area contributed by atoms with E-state index in [9.17, 15) is 19.2 Å². The van der Waals surface area contributed by atoms with Crippen LogP contribution in [0, 0.1) is 0 Å². The summed E-state index contributed by atoms with van der Waals surface area (Å²) >= 11 is 5.78. The monoisotopic (exact) mass is 1080 g/mol. The highest BCUT2D eigenvalue weighted by Gasteiger charge is 2.17. The first-order valence-corrected chi connectivity index (χ1v) is 24.3. The number of benzene rings is 2. The third-order valence-corrected chi connectivity index (χ3v) is 9.88. The van der Waals surface area contributed by atoms with Crippen molar-refractivity contribution in [3.8, 4) is 22.9 Å². The van der Waals surface area contributed by atoms with Crippen LogP contribution in [0.3, 0.4) is 0 Å². The number of nitrogens with one attached hydrogen (secondary N) is 3. The number of amides is 2. The van der Waals surface area contributed by atoms with E-state index < -0.39 is 35.3 Å². The topological polar surface area (TPSA) is 356 Å². The Balaban J connectivity index is 0.000000207. The van der Waals surface area contributed by atoms with Crippen LogP contribution in [-0.2, 0) is 32.2 Å². The number of anilines is 3. The van der Waals surface area contributed by atoms with Gasteiger partial charge in [-0.2, -0.15) is 29.5 Å². The smallest absolute Gasteiger partial charge is 0.407 e. The summed E-state index contributed by atoms with van der Waals surface area (Å²) in [4.78, 5) is 60.9. The number of ether oxygens (including phenoxy) is 4. The van der Waals surface area contributed by atoms with E-state index in [1.54, 1.807) is 87.4 Å². The number of hydrogen-bond acceptors (Lipinski definition) is 20. The molecule has 29 heteroatoms. The van der Waals surface area contributed by atoms with Gasteiger partial charge in [-0.25, -0.2) is 19.6 Å². The lowest BCUT2D eigenvalue weighted by atomic mass is 10.2. The fourth-order valence-corrected chi connectivity index (χ4v) is 6.52. The van der Waals surface area contributed by atoms with Crippen molar-refractivity contribution < 1.29 is 48.3 Å². The molecule has 0 atom stereocenters. The highest BCUT2D eigenvalue weighted by molar-refractivity contribution is 6.28. The number of carbonyl (C=O) groups is 4. The second kappa shape index (κ2) is 26.8. The highest BCUT2D eigenvalue weighted by atomic mass is 35.5. The zero-order chi connectivity index (χ0) is 55.5. The Kier molecular flexibility index (Phi) is 19.9. The van der Waals surface area contributed by atoms with Crippen molar-refractivity contribution in [2.75, 3.05) is 37.4 Å². The van der Waals surface area contributed by atoms with Crippen LogP contribution in [0.2, 0.25) is 5.28 Å². The summed E-state index contributed by atoms with van der Waals surface area (Å²) < 4.78 is 27.7. The highest BCUT2D eigenvalue weighted by Crippen LogP contribution is 2.22. The van der Waals surface area contributed by atoms with Crippen LogP contribution in [0.15, 0.2) is 85.7 Å². The number of nitrogens with zero attached hydrogens (tertiary/aromatic N) is 14. The van der Waals surface area contributed by atoms with Gasteiger partial charge in [-0.05, 0) is 115 Å². The van der Waals surface area contributed by atoms with Crippen LogP contribution >= 0.6 is 11.6 Å². The van der Waals surface area contributed by atoms with Crippen molar-refractivity contribution >= 4 is 75.4 Å². The van der Waals surface area contributed by atoms with Gasteiger partial charge < -0.3 is 50.8 Å². The maximum absolute atomic E-state index is 11.7. The van der Waals surface area contributed by atoms with Gasteiger partial charge >= 0.3 is 24.1 Å². The van der Waals surface area contributed by atoms with E-state index in [1.807, 2.05) is 47.7 Å². The van der Waals surface area contributed by atoms with Crippen molar-refractivity contribution in [3.63, 3.8) is 0 Å². The largest absolute Gasteiger partial charge is 0.493 e. The fourth-order valence-electron chi connectivity index (χ4n) is 6.40. The summed E-state index contributed by atoms with van der Waals surface area (Å²) in [6, 6.07) is 14.0. The molecule has 0 radical (unpaired) electrons. The first-order chi connectivity index (χ1) is 36.7. The number of carboxylic acid groups (broad SMARTS) is 2. The van der Waals surface area contributed by atoms with E-state index in [1.165, 1.54) is 10.9 Å². The molecule has 0 spiro atoms. The number of alkyl carbamates (subject to hydrolysis) is 2. The molecule has 0 unspecified atom stereocenters. The Labute approximate surface area is 445 Å². The standard InChI is InChI=1S/C24H29N9O5.C13H10ClN5O3.C11H20N4O2/c1-24(2,3)38-23(36)25-10-4-11-32-15-16(13-27-32)28-22-26-14-19-21(29-22)33(31-30-19)17-5-7-18(8-6-17)37-12-9-20(34)35;14-13-15-7-10-12(16-13)19(18-17-10)8-1-3-9(4-2-8)22-6-5-11(20)21;1-11(2,3)17-10(16)13-5-4-6-15-8-9(12)7-14-15/h5-8,13-15H,4,9-12H2,1-3H3,(H,25,36)(H,34,35)(H,26,28,29);1-4,7H,5-6H2,(H,20,21);7-8H,4-6,12H2,1-3H3,(H,13,16). The summed E-state index contributed by atoms with van der Waals surface area (Å²) in [6.45, 7) is 13.5. The molecule has 7 N–H and O–H groups in total. The molecule has 8 aromatic rings. The first kappa shape index (κ1) is 57.1. The number of rotatable bonds is 20. The van der Waals surface area contributed by atoms with Crippen LogP contribution in [0.1, 0.15) is 67.2 Å². The van der Waals surface area contributed by atoms with Crippen molar-refractivity contribution in [1.82, 2.24) is 80.1 Å². The molecule has 0 aliphatic heterocycles. The van der Waals surface area contributed by atoms with Gasteiger partial charge in [0.2, 0.25) is 11.2 Å². The third-order valence-electron chi connectivity index (χ3n) is 9.69. The maximum atomic E-state index is 11.7. The molecule has 0 bridgehead atoms. The van der Waals surface area contributed by atoms with Crippen molar-refractivity contribution in [3.05, 3.63) is 91.0 Å². The van der Waals surface area contributed by atoms with Crippen molar-refractivity contribution in [2.24, 2.45) is 0 Å². The molecule has 408 valence electrons. The van der Waals surface area contributed by atoms with Gasteiger partial charge in [0.05, 0.1) is 73.6 Å². The van der Waals surface area contributed by atoms with E-state index in [4.69, 9.17) is 46.5 Å². The van der Waals surface area contributed by atoms with E-state index >= 15 is 0 Å². The second-order valence-electron chi connectivity index (χ2n) is 18.4. The summed E-state index contributed by atoms with van der Waals surface area (Å²) in [5.74, 6) is -0.348. The first-order valence-electron chi connectivity index (χ1n) is 23.9. The summed E-state index contributed by atoms with van der Waals surface area (Å²) in [7, 11) is 0. The molecule has 0 fully saturated rings. The number of nitrogen functional groups attached to an aromatic ring is 1. The number of nitrogens with two attached hydrogens (primary N) is 1. The zero-order valence-electron chi connectivity index (χ0n) is 43.0. The molecule has 2 aromatic carbocycles. The predicted octanol–water partition coefficient (Wildman–Crippen LogP) is 6.02. The molecule has 77 heavy (non-hydrogen) atoms. The number of carboxylic acids is 2. The van der Waals surface area contributed by atoms with Gasteiger partial charge in [0.25, 0.3) is 0 Å². The minimum Gasteiger partial charge on any atom is -0.493 e. The minimum atomic E-state index is -0.917. The van der Waals surface area contributed by atoms with E-state index in [0.29, 0.717) is 89.4 Å². The summed E-state index contributed by atoms with van der Waals surface area (Å²) in [5, 5.41) is 50.6. The van der Waals surface area contributed by atoms with Gasteiger partial charge in [-0.1, -0.05) is 10.4 Å². The van der Waals surface area contributed by atoms with E-state index in [0.717, 1.165) is 12.1 Å². The number of aromatic nitrogens is 14. The van der Waals surface area contributed by atoms with E-state index in [-0.39, 0.29) is 31.3 Å². The molecular weight excluding hydrogens is 1020 g/mol. The molecule has 0 saturated heterocycles. The average Bonchev–Trinajstić information content (AvgIpc) is 4.19. The lowest BCUT2D eigenvalue weighted by Gasteiger charge is -2.19. The number of halogens is 1. The Bertz CT molecular complexity index is 3200.